The van der Waals surface area contributed by atoms with Gasteiger partial charge in [-0.05, 0) is 25.2 Å². The number of aromatic amines is 1. The van der Waals surface area contributed by atoms with Crippen molar-refractivity contribution >= 4 is 5.95 Å². The fraction of sp³-hybridized carbons (Fsp3) is 0.857. The van der Waals surface area contributed by atoms with Crippen LogP contribution in [-0.2, 0) is 11.2 Å². The number of nitrogens with zero attached hydrogens (tertiary/aromatic N) is 3. The van der Waals surface area contributed by atoms with Gasteiger partial charge in [-0.1, -0.05) is 6.92 Å². The van der Waals surface area contributed by atoms with Crippen molar-refractivity contribution in [3.63, 3.8) is 0 Å². The van der Waals surface area contributed by atoms with E-state index in [9.17, 15) is 0 Å². The minimum atomic E-state index is 0.573. The van der Waals surface area contributed by atoms with Crippen molar-refractivity contribution in [1.29, 1.82) is 0 Å². The molecule has 0 saturated carbocycles. The Bertz CT molecular complexity index is 421. The van der Waals surface area contributed by atoms with Gasteiger partial charge >= 0.3 is 0 Å². The van der Waals surface area contributed by atoms with E-state index in [0.29, 0.717) is 6.04 Å². The Hall–Kier alpha value is -1.14. The molecule has 6 heteroatoms. The molecular weight excluding hydrogens is 254 g/mol. The summed E-state index contributed by atoms with van der Waals surface area (Å²) in [5, 5.41) is 11.0. The van der Waals surface area contributed by atoms with Gasteiger partial charge in [0.2, 0.25) is 5.95 Å². The Kier molecular flexibility index (Phi) is 4.52. The van der Waals surface area contributed by atoms with Crippen LogP contribution in [0.2, 0.25) is 0 Å². The smallest absolute Gasteiger partial charge is 0.245 e. The quantitative estimate of drug-likeness (QED) is 0.759. The van der Waals surface area contributed by atoms with Crippen LogP contribution in [0.25, 0.3) is 0 Å². The van der Waals surface area contributed by atoms with Crippen LogP contribution < -0.4 is 10.2 Å². The van der Waals surface area contributed by atoms with Gasteiger partial charge in [0.15, 0.2) is 0 Å². The largest absolute Gasteiger partial charge is 0.381 e. The molecule has 2 fully saturated rings. The van der Waals surface area contributed by atoms with Crippen LogP contribution in [0.5, 0.6) is 0 Å². The summed E-state index contributed by atoms with van der Waals surface area (Å²) in [6.07, 6.45) is 4.45. The predicted octanol–water partition coefficient (Wildman–Crippen LogP) is 0.962. The van der Waals surface area contributed by atoms with E-state index in [2.05, 4.69) is 32.3 Å². The molecule has 2 aliphatic rings. The summed E-state index contributed by atoms with van der Waals surface area (Å²) in [5.74, 6) is 2.57. The van der Waals surface area contributed by atoms with Gasteiger partial charge < -0.3 is 15.0 Å². The first kappa shape index (κ1) is 13.8. The summed E-state index contributed by atoms with van der Waals surface area (Å²) < 4.78 is 5.50. The second-order valence-electron chi connectivity index (χ2n) is 5.77. The lowest BCUT2D eigenvalue weighted by molar-refractivity contribution is 0.136. The molecule has 1 aromatic rings. The number of rotatable bonds is 6. The van der Waals surface area contributed by atoms with Gasteiger partial charge in [0, 0.05) is 38.7 Å². The highest BCUT2D eigenvalue weighted by atomic mass is 16.5. The molecule has 2 atom stereocenters. The first-order valence-electron chi connectivity index (χ1n) is 7.85. The third kappa shape index (κ3) is 2.96. The van der Waals surface area contributed by atoms with Gasteiger partial charge in [0.1, 0.15) is 5.82 Å². The van der Waals surface area contributed by atoms with E-state index in [1.54, 1.807) is 0 Å². The topological polar surface area (TPSA) is 66.1 Å². The van der Waals surface area contributed by atoms with E-state index in [4.69, 9.17) is 4.74 Å². The Morgan fingerprint density at radius 1 is 1.35 bits per heavy atom. The van der Waals surface area contributed by atoms with Crippen LogP contribution in [0.4, 0.5) is 5.95 Å². The van der Waals surface area contributed by atoms with Crippen molar-refractivity contribution in [2.75, 3.05) is 37.7 Å². The molecule has 0 amide bonds. The van der Waals surface area contributed by atoms with Crippen LogP contribution in [-0.4, -0.2) is 54.1 Å². The number of anilines is 1. The highest BCUT2D eigenvalue weighted by molar-refractivity contribution is 5.33. The fourth-order valence-electron chi connectivity index (χ4n) is 3.26. The number of piperidine rings is 1. The molecule has 20 heavy (non-hydrogen) atoms. The SMILES string of the molecule is CCCOCCc1nc(N2CCCC3CNCC32)n[nH]1. The van der Waals surface area contributed by atoms with Crippen molar-refractivity contribution in [2.24, 2.45) is 5.92 Å². The van der Waals surface area contributed by atoms with E-state index in [-0.39, 0.29) is 0 Å². The van der Waals surface area contributed by atoms with Crippen LogP contribution in [0, 0.1) is 5.92 Å². The lowest BCUT2D eigenvalue weighted by atomic mass is 9.92. The third-order valence-corrected chi connectivity index (χ3v) is 4.29. The molecule has 1 aromatic heterocycles. The maximum Gasteiger partial charge on any atom is 0.245 e. The lowest BCUT2D eigenvalue weighted by Crippen LogP contribution is -2.45. The number of hydrogen-bond donors (Lipinski definition) is 2. The van der Waals surface area contributed by atoms with E-state index in [1.165, 1.54) is 12.8 Å². The first-order valence-corrected chi connectivity index (χ1v) is 7.85. The monoisotopic (exact) mass is 279 g/mol. The average Bonchev–Trinajstić information content (AvgIpc) is 3.12. The number of aromatic nitrogens is 3. The Morgan fingerprint density at radius 3 is 3.20 bits per heavy atom. The molecule has 0 spiro atoms. The van der Waals surface area contributed by atoms with Gasteiger partial charge in [-0.3, -0.25) is 5.10 Å². The molecule has 2 N–H and O–H groups in total. The van der Waals surface area contributed by atoms with E-state index < -0.39 is 0 Å². The molecule has 2 saturated heterocycles. The Balaban J connectivity index is 1.58. The summed E-state index contributed by atoms with van der Waals surface area (Å²) in [5.41, 5.74) is 0. The zero-order chi connectivity index (χ0) is 13.8. The van der Waals surface area contributed by atoms with E-state index in [1.807, 2.05) is 0 Å². The molecule has 0 radical (unpaired) electrons. The highest BCUT2D eigenvalue weighted by Crippen LogP contribution is 2.28. The van der Waals surface area contributed by atoms with Gasteiger partial charge in [-0.25, -0.2) is 0 Å². The first-order chi connectivity index (χ1) is 9.88. The van der Waals surface area contributed by atoms with Gasteiger partial charge in [0.25, 0.3) is 0 Å². The Labute approximate surface area is 120 Å². The van der Waals surface area contributed by atoms with Crippen LogP contribution in [0.1, 0.15) is 32.0 Å². The maximum absolute atomic E-state index is 5.50. The van der Waals surface area contributed by atoms with Crippen molar-refractivity contribution in [2.45, 2.75) is 38.6 Å². The molecule has 0 bridgehead atoms. The summed E-state index contributed by atoms with van der Waals surface area (Å²) in [7, 11) is 0. The molecule has 2 aliphatic heterocycles. The number of nitrogens with one attached hydrogen (secondary N) is 2. The molecule has 3 heterocycles. The summed E-state index contributed by atoms with van der Waals surface area (Å²) >= 11 is 0. The molecule has 0 aliphatic carbocycles. The second-order valence-corrected chi connectivity index (χ2v) is 5.77. The minimum absolute atomic E-state index is 0.573. The van der Waals surface area contributed by atoms with Crippen LogP contribution >= 0.6 is 0 Å². The van der Waals surface area contributed by atoms with Gasteiger partial charge in [-0.2, -0.15) is 4.98 Å². The maximum atomic E-state index is 5.50. The second kappa shape index (κ2) is 6.54. The predicted molar refractivity (Wildman–Crippen MR) is 77.9 cm³/mol. The minimum Gasteiger partial charge on any atom is -0.381 e. The lowest BCUT2D eigenvalue weighted by Gasteiger charge is -2.36. The zero-order valence-electron chi connectivity index (χ0n) is 12.3. The normalized spacial score (nSPS) is 25.9. The van der Waals surface area contributed by atoms with Crippen molar-refractivity contribution < 1.29 is 4.74 Å². The summed E-state index contributed by atoms with van der Waals surface area (Å²) in [6.45, 7) is 6.94. The highest BCUT2D eigenvalue weighted by Gasteiger charge is 2.36. The van der Waals surface area contributed by atoms with E-state index in [0.717, 1.165) is 63.4 Å². The fourth-order valence-corrected chi connectivity index (χ4v) is 3.26. The molecular formula is C14H25N5O. The third-order valence-electron chi connectivity index (χ3n) is 4.29. The van der Waals surface area contributed by atoms with Crippen LogP contribution in [0.15, 0.2) is 0 Å². The average molecular weight is 279 g/mol. The van der Waals surface area contributed by atoms with Gasteiger partial charge in [0.05, 0.1) is 6.61 Å². The van der Waals surface area contributed by atoms with Gasteiger partial charge in [-0.15, -0.1) is 5.10 Å². The van der Waals surface area contributed by atoms with Crippen molar-refractivity contribution in [3.8, 4) is 0 Å². The standard InChI is InChI=1S/C14H25N5O/c1-2-7-20-8-5-13-16-14(18-17-13)19-6-3-4-11-9-15-10-12(11)19/h11-12,15H,2-10H2,1H3,(H,16,17,18). The van der Waals surface area contributed by atoms with Crippen LogP contribution in [0.3, 0.4) is 0 Å². The number of hydrogen-bond acceptors (Lipinski definition) is 5. The molecule has 2 unspecified atom stereocenters. The van der Waals surface area contributed by atoms with Crippen molar-refractivity contribution in [3.05, 3.63) is 5.82 Å². The molecule has 3 rings (SSSR count). The summed E-state index contributed by atoms with van der Waals surface area (Å²) in [4.78, 5) is 7.02. The zero-order valence-corrected chi connectivity index (χ0v) is 12.3. The number of fused-ring (bicyclic) bond motifs is 1. The van der Waals surface area contributed by atoms with E-state index >= 15 is 0 Å². The molecule has 112 valence electrons. The number of H-pyrrole nitrogens is 1. The van der Waals surface area contributed by atoms with Crippen molar-refractivity contribution in [1.82, 2.24) is 20.5 Å². The molecule has 0 aromatic carbocycles. The molecule has 6 nitrogen and oxygen atoms in total. The number of ether oxygens (including phenoxy) is 1. The summed E-state index contributed by atoms with van der Waals surface area (Å²) in [6, 6.07) is 0.573. The Morgan fingerprint density at radius 2 is 2.30 bits per heavy atom.